The topological polar surface area (TPSA) is 17.1 Å². The first-order chi connectivity index (χ1) is 7.78. The lowest BCUT2D eigenvalue weighted by molar-refractivity contribution is 0.112. The predicted octanol–water partition coefficient (Wildman–Crippen LogP) is 4.17. The van der Waals surface area contributed by atoms with Crippen LogP contribution in [0.15, 0.2) is 29.2 Å². The summed E-state index contributed by atoms with van der Waals surface area (Å²) >= 11 is 1.94. The molecule has 2 unspecified atom stereocenters. The third-order valence-electron chi connectivity index (χ3n) is 3.19. The number of carbonyl (C=O) groups is 1. The highest BCUT2D eigenvalue weighted by molar-refractivity contribution is 8.00. The van der Waals surface area contributed by atoms with Gasteiger partial charge in [-0.2, -0.15) is 0 Å². The lowest BCUT2D eigenvalue weighted by atomic mass is 9.91. The van der Waals surface area contributed by atoms with E-state index in [2.05, 4.69) is 13.0 Å². The Labute approximate surface area is 102 Å². The van der Waals surface area contributed by atoms with Crippen LogP contribution in [0.1, 0.15) is 43.0 Å². The molecule has 1 aromatic rings. The first kappa shape index (κ1) is 11.7. The molecule has 1 saturated carbocycles. The molecule has 1 nitrogen and oxygen atoms in total. The van der Waals surface area contributed by atoms with Gasteiger partial charge in [-0.25, -0.2) is 0 Å². The van der Waals surface area contributed by atoms with Gasteiger partial charge in [0.25, 0.3) is 0 Å². The van der Waals surface area contributed by atoms with E-state index in [4.69, 9.17) is 0 Å². The second-order valence-electron chi connectivity index (χ2n) is 4.70. The van der Waals surface area contributed by atoms with Crippen molar-refractivity contribution in [1.82, 2.24) is 0 Å². The van der Waals surface area contributed by atoms with Crippen LogP contribution in [0.25, 0.3) is 0 Å². The Morgan fingerprint density at radius 3 is 3.00 bits per heavy atom. The maximum atomic E-state index is 10.7. The van der Waals surface area contributed by atoms with Crippen molar-refractivity contribution in [3.05, 3.63) is 29.8 Å². The average Bonchev–Trinajstić information content (AvgIpc) is 2.29. The van der Waals surface area contributed by atoms with E-state index in [9.17, 15) is 4.79 Å². The number of rotatable bonds is 3. The Balaban J connectivity index is 1.99. The van der Waals surface area contributed by atoms with Gasteiger partial charge < -0.3 is 0 Å². The minimum Gasteiger partial charge on any atom is -0.298 e. The summed E-state index contributed by atoms with van der Waals surface area (Å²) in [4.78, 5) is 11.9. The highest BCUT2D eigenvalue weighted by atomic mass is 32.2. The first-order valence-corrected chi connectivity index (χ1v) is 6.88. The molecule has 1 aromatic carbocycles. The number of carbonyl (C=O) groups excluding carboxylic acids is 1. The van der Waals surface area contributed by atoms with Gasteiger partial charge in [-0.3, -0.25) is 4.79 Å². The molecule has 1 aliphatic carbocycles. The van der Waals surface area contributed by atoms with Crippen LogP contribution in [0.3, 0.4) is 0 Å². The van der Waals surface area contributed by atoms with E-state index in [0.717, 1.165) is 23.0 Å². The zero-order valence-electron chi connectivity index (χ0n) is 9.69. The average molecular weight is 234 g/mol. The molecule has 0 heterocycles. The summed E-state index contributed by atoms with van der Waals surface area (Å²) in [6.45, 7) is 2.34. The van der Waals surface area contributed by atoms with E-state index >= 15 is 0 Å². The summed E-state index contributed by atoms with van der Waals surface area (Å²) in [6.07, 6.45) is 6.29. The van der Waals surface area contributed by atoms with E-state index in [-0.39, 0.29) is 0 Å². The molecule has 1 aliphatic rings. The molecular formula is C14H18OS. The molecule has 2 atom stereocenters. The van der Waals surface area contributed by atoms with Crippen molar-refractivity contribution in [2.75, 3.05) is 0 Å². The monoisotopic (exact) mass is 234 g/mol. The van der Waals surface area contributed by atoms with Crippen molar-refractivity contribution in [3.63, 3.8) is 0 Å². The standard InChI is InChI=1S/C14H18OS/c1-11-4-2-6-13(8-11)16-14-7-3-5-12(9-14)10-15/h3,5,7,9-11,13H,2,4,6,8H2,1H3. The lowest BCUT2D eigenvalue weighted by Gasteiger charge is -2.26. The van der Waals surface area contributed by atoms with Crippen LogP contribution in [0.2, 0.25) is 0 Å². The number of thioether (sulfide) groups is 1. The number of hydrogen-bond donors (Lipinski definition) is 0. The highest BCUT2D eigenvalue weighted by Gasteiger charge is 2.19. The van der Waals surface area contributed by atoms with Crippen LogP contribution in [-0.2, 0) is 0 Å². The Morgan fingerprint density at radius 2 is 2.25 bits per heavy atom. The Bertz CT molecular complexity index is 362. The van der Waals surface area contributed by atoms with Crippen molar-refractivity contribution in [2.45, 2.75) is 42.8 Å². The molecule has 0 saturated heterocycles. The highest BCUT2D eigenvalue weighted by Crippen LogP contribution is 2.36. The Morgan fingerprint density at radius 1 is 1.38 bits per heavy atom. The third-order valence-corrected chi connectivity index (χ3v) is 4.47. The molecule has 2 heteroatoms. The van der Waals surface area contributed by atoms with Gasteiger partial charge in [0.15, 0.2) is 0 Å². The largest absolute Gasteiger partial charge is 0.298 e. The van der Waals surface area contributed by atoms with Crippen molar-refractivity contribution in [3.8, 4) is 0 Å². The fourth-order valence-corrected chi connectivity index (χ4v) is 3.79. The van der Waals surface area contributed by atoms with Gasteiger partial charge in [0.2, 0.25) is 0 Å². The normalized spacial score (nSPS) is 25.3. The summed E-state index contributed by atoms with van der Waals surface area (Å²) < 4.78 is 0. The summed E-state index contributed by atoms with van der Waals surface area (Å²) in [6, 6.07) is 7.94. The van der Waals surface area contributed by atoms with Crippen molar-refractivity contribution in [2.24, 2.45) is 5.92 Å². The molecule has 0 spiro atoms. The van der Waals surface area contributed by atoms with Gasteiger partial charge in [0.05, 0.1) is 0 Å². The van der Waals surface area contributed by atoms with Crippen molar-refractivity contribution < 1.29 is 4.79 Å². The van der Waals surface area contributed by atoms with Crippen LogP contribution in [-0.4, -0.2) is 11.5 Å². The quantitative estimate of drug-likeness (QED) is 0.730. The molecule has 2 rings (SSSR count). The molecule has 0 amide bonds. The second kappa shape index (κ2) is 5.53. The van der Waals surface area contributed by atoms with E-state index in [1.807, 2.05) is 30.0 Å². The molecule has 0 bridgehead atoms. The Kier molecular flexibility index (Phi) is 4.05. The van der Waals surface area contributed by atoms with Crippen LogP contribution in [0, 0.1) is 5.92 Å². The lowest BCUT2D eigenvalue weighted by Crippen LogP contribution is -2.14. The van der Waals surface area contributed by atoms with Crippen LogP contribution >= 0.6 is 11.8 Å². The zero-order valence-corrected chi connectivity index (χ0v) is 10.5. The molecule has 1 fully saturated rings. The van der Waals surface area contributed by atoms with Gasteiger partial charge in [-0.15, -0.1) is 11.8 Å². The zero-order chi connectivity index (χ0) is 11.4. The number of aldehydes is 1. The molecule has 0 N–H and O–H groups in total. The predicted molar refractivity (Wildman–Crippen MR) is 69.1 cm³/mol. The molecule has 0 radical (unpaired) electrons. The van der Waals surface area contributed by atoms with Gasteiger partial charge in [-0.1, -0.05) is 31.9 Å². The summed E-state index contributed by atoms with van der Waals surface area (Å²) in [7, 11) is 0. The van der Waals surface area contributed by atoms with Gasteiger partial charge in [0, 0.05) is 15.7 Å². The summed E-state index contributed by atoms with van der Waals surface area (Å²) in [5, 5.41) is 0.741. The Hall–Kier alpha value is -0.760. The minimum absolute atomic E-state index is 0.741. The van der Waals surface area contributed by atoms with Crippen LogP contribution in [0.5, 0.6) is 0 Å². The van der Waals surface area contributed by atoms with Crippen LogP contribution < -0.4 is 0 Å². The first-order valence-electron chi connectivity index (χ1n) is 6.00. The van der Waals surface area contributed by atoms with E-state index < -0.39 is 0 Å². The third kappa shape index (κ3) is 3.11. The second-order valence-corrected chi connectivity index (χ2v) is 6.08. The number of benzene rings is 1. The smallest absolute Gasteiger partial charge is 0.150 e. The van der Waals surface area contributed by atoms with Gasteiger partial charge in [0.1, 0.15) is 6.29 Å². The fraction of sp³-hybridized carbons (Fsp3) is 0.500. The number of hydrogen-bond acceptors (Lipinski definition) is 2. The molecule has 0 aliphatic heterocycles. The minimum atomic E-state index is 0.741. The van der Waals surface area contributed by atoms with Gasteiger partial charge >= 0.3 is 0 Å². The summed E-state index contributed by atoms with van der Waals surface area (Å²) in [5.41, 5.74) is 0.786. The summed E-state index contributed by atoms with van der Waals surface area (Å²) in [5.74, 6) is 0.862. The van der Waals surface area contributed by atoms with E-state index in [1.165, 1.54) is 30.6 Å². The molecular weight excluding hydrogens is 216 g/mol. The molecule has 16 heavy (non-hydrogen) atoms. The van der Waals surface area contributed by atoms with Gasteiger partial charge in [-0.05, 0) is 30.9 Å². The SMILES string of the molecule is CC1CCCC(Sc2cccc(C=O)c2)C1. The van der Waals surface area contributed by atoms with Crippen molar-refractivity contribution >= 4 is 18.0 Å². The molecule has 0 aromatic heterocycles. The van der Waals surface area contributed by atoms with Crippen LogP contribution in [0.4, 0.5) is 0 Å². The van der Waals surface area contributed by atoms with Crippen molar-refractivity contribution in [1.29, 1.82) is 0 Å². The fourth-order valence-electron chi connectivity index (χ4n) is 2.34. The maximum Gasteiger partial charge on any atom is 0.150 e. The van der Waals surface area contributed by atoms with E-state index in [1.54, 1.807) is 0 Å². The maximum absolute atomic E-state index is 10.7. The van der Waals surface area contributed by atoms with E-state index in [0.29, 0.717) is 0 Å². The molecule has 86 valence electrons.